The molecule has 0 radical (unpaired) electrons. The summed E-state index contributed by atoms with van der Waals surface area (Å²) in [6.45, 7) is 3.66. The zero-order valence-corrected chi connectivity index (χ0v) is 21.1. The monoisotopic (exact) mass is 498 g/mol. The fourth-order valence-electron chi connectivity index (χ4n) is 3.41. The number of anilines is 1. The van der Waals surface area contributed by atoms with Crippen LogP contribution in [-0.4, -0.2) is 48.2 Å². The van der Waals surface area contributed by atoms with Crippen LogP contribution < -0.4 is 23.8 Å². The van der Waals surface area contributed by atoms with Crippen LogP contribution >= 0.6 is 0 Å². The van der Waals surface area contributed by atoms with Crippen LogP contribution in [0.4, 0.5) is 5.69 Å². The minimum absolute atomic E-state index is 0.0824. The molecule has 1 amide bonds. The Kier molecular flexibility index (Phi) is 8.59. The summed E-state index contributed by atoms with van der Waals surface area (Å²) in [7, 11) is -1.05. The highest BCUT2D eigenvalue weighted by atomic mass is 32.2. The highest BCUT2D eigenvalue weighted by Crippen LogP contribution is 2.33. The van der Waals surface area contributed by atoms with Crippen molar-refractivity contribution in [3.63, 3.8) is 0 Å². The summed E-state index contributed by atoms with van der Waals surface area (Å²) in [5.41, 5.74) is 2.04. The number of ether oxygens (including phenoxy) is 3. The van der Waals surface area contributed by atoms with Crippen LogP contribution in [0.1, 0.15) is 11.1 Å². The largest absolute Gasteiger partial charge is 0.495 e. The van der Waals surface area contributed by atoms with Gasteiger partial charge in [-0.05, 0) is 55.8 Å². The Hall–Kier alpha value is -3.72. The number of hydrogen-bond acceptors (Lipinski definition) is 6. The Morgan fingerprint density at radius 2 is 1.49 bits per heavy atom. The molecule has 1 N–H and O–H groups in total. The Labute approximate surface area is 206 Å². The van der Waals surface area contributed by atoms with Gasteiger partial charge in [0.25, 0.3) is 10.0 Å². The van der Waals surface area contributed by atoms with Crippen LogP contribution in [0, 0.1) is 13.8 Å². The predicted molar refractivity (Wildman–Crippen MR) is 135 cm³/mol. The van der Waals surface area contributed by atoms with Gasteiger partial charge < -0.3 is 19.5 Å². The van der Waals surface area contributed by atoms with Crippen molar-refractivity contribution >= 4 is 21.6 Å². The molecular weight excluding hydrogens is 468 g/mol. The van der Waals surface area contributed by atoms with Crippen molar-refractivity contribution in [3.05, 3.63) is 77.9 Å². The van der Waals surface area contributed by atoms with E-state index < -0.39 is 22.5 Å². The molecule has 3 aromatic carbocycles. The SMILES string of the molecule is COc1ccccc1OCCNC(=O)CN(c1cc(C)ccc1OC)S(=O)(=O)c1ccc(C)cc1. The first-order valence-electron chi connectivity index (χ1n) is 11.0. The first kappa shape index (κ1) is 25.9. The quantitative estimate of drug-likeness (QED) is 0.405. The van der Waals surface area contributed by atoms with Gasteiger partial charge in [-0.15, -0.1) is 0 Å². The lowest BCUT2D eigenvalue weighted by Crippen LogP contribution is -2.42. The van der Waals surface area contributed by atoms with Gasteiger partial charge in [-0.2, -0.15) is 0 Å². The van der Waals surface area contributed by atoms with Crippen molar-refractivity contribution in [1.29, 1.82) is 0 Å². The summed E-state index contributed by atoms with van der Waals surface area (Å²) >= 11 is 0. The fourth-order valence-corrected chi connectivity index (χ4v) is 4.83. The van der Waals surface area contributed by atoms with Crippen LogP contribution in [0.2, 0.25) is 0 Å². The molecule has 8 nitrogen and oxygen atoms in total. The zero-order chi connectivity index (χ0) is 25.4. The van der Waals surface area contributed by atoms with Crippen molar-refractivity contribution in [3.8, 4) is 17.2 Å². The molecule has 0 aliphatic rings. The van der Waals surface area contributed by atoms with E-state index in [0.29, 0.717) is 17.2 Å². The Morgan fingerprint density at radius 3 is 2.14 bits per heavy atom. The number of para-hydroxylation sites is 2. The van der Waals surface area contributed by atoms with E-state index in [9.17, 15) is 13.2 Å². The van der Waals surface area contributed by atoms with Gasteiger partial charge in [-0.25, -0.2) is 8.42 Å². The van der Waals surface area contributed by atoms with Gasteiger partial charge in [0, 0.05) is 0 Å². The molecule has 0 fully saturated rings. The fraction of sp³-hybridized carbons (Fsp3) is 0.269. The van der Waals surface area contributed by atoms with Crippen LogP contribution in [0.25, 0.3) is 0 Å². The molecule has 0 saturated heterocycles. The maximum Gasteiger partial charge on any atom is 0.264 e. The van der Waals surface area contributed by atoms with E-state index in [1.807, 2.05) is 32.0 Å². The van der Waals surface area contributed by atoms with E-state index in [-0.39, 0.29) is 23.7 Å². The Bertz CT molecular complexity index is 1260. The number of benzene rings is 3. The first-order valence-corrected chi connectivity index (χ1v) is 12.5. The minimum atomic E-state index is -4.05. The van der Waals surface area contributed by atoms with Crippen LogP contribution in [0.15, 0.2) is 71.6 Å². The second kappa shape index (κ2) is 11.6. The number of hydrogen-bond donors (Lipinski definition) is 1. The van der Waals surface area contributed by atoms with E-state index in [1.54, 1.807) is 43.5 Å². The lowest BCUT2D eigenvalue weighted by atomic mass is 10.2. The maximum atomic E-state index is 13.6. The number of carbonyl (C=O) groups is 1. The molecule has 0 unspecified atom stereocenters. The van der Waals surface area contributed by atoms with Gasteiger partial charge in [0.15, 0.2) is 11.5 Å². The molecule has 9 heteroatoms. The zero-order valence-electron chi connectivity index (χ0n) is 20.3. The number of rotatable bonds is 11. The molecule has 3 aromatic rings. The van der Waals surface area contributed by atoms with Crippen LogP contribution in [-0.2, 0) is 14.8 Å². The molecular formula is C26H30N2O6S. The normalized spacial score (nSPS) is 11.0. The van der Waals surface area contributed by atoms with Gasteiger partial charge in [0.05, 0.1) is 31.3 Å². The second-order valence-electron chi connectivity index (χ2n) is 7.85. The molecule has 0 heterocycles. The summed E-state index contributed by atoms with van der Waals surface area (Å²) < 4.78 is 44.6. The van der Waals surface area contributed by atoms with E-state index in [0.717, 1.165) is 15.4 Å². The molecule has 35 heavy (non-hydrogen) atoms. The molecule has 0 aliphatic carbocycles. The third-order valence-electron chi connectivity index (χ3n) is 5.25. The highest BCUT2D eigenvalue weighted by Gasteiger charge is 2.29. The summed E-state index contributed by atoms with van der Waals surface area (Å²) in [4.78, 5) is 12.9. The number of methoxy groups -OCH3 is 2. The number of nitrogens with one attached hydrogen (secondary N) is 1. The summed E-state index contributed by atoms with van der Waals surface area (Å²) in [5, 5.41) is 2.72. The topological polar surface area (TPSA) is 94.2 Å². The minimum Gasteiger partial charge on any atom is -0.495 e. The average molecular weight is 499 g/mol. The molecule has 0 spiro atoms. The van der Waals surface area contributed by atoms with Gasteiger partial charge in [0.1, 0.15) is 18.9 Å². The number of carbonyl (C=O) groups excluding carboxylic acids is 1. The first-order chi connectivity index (χ1) is 16.8. The molecule has 0 aliphatic heterocycles. The third kappa shape index (κ3) is 6.45. The Morgan fingerprint density at radius 1 is 0.857 bits per heavy atom. The number of nitrogens with zero attached hydrogens (tertiary/aromatic N) is 1. The van der Waals surface area contributed by atoms with Gasteiger partial charge >= 0.3 is 0 Å². The average Bonchev–Trinajstić information content (AvgIpc) is 2.85. The third-order valence-corrected chi connectivity index (χ3v) is 7.02. The lowest BCUT2D eigenvalue weighted by Gasteiger charge is -2.26. The van der Waals surface area contributed by atoms with E-state index in [4.69, 9.17) is 14.2 Å². The molecule has 3 rings (SSSR count). The molecule has 0 bridgehead atoms. The van der Waals surface area contributed by atoms with Gasteiger partial charge in [-0.3, -0.25) is 9.10 Å². The van der Waals surface area contributed by atoms with E-state index in [1.165, 1.54) is 19.2 Å². The molecule has 186 valence electrons. The highest BCUT2D eigenvalue weighted by molar-refractivity contribution is 7.92. The van der Waals surface area contributed by atoms with E-state index in [2.05, 4.69) is 5.32 Å². The number of amides is 1. The lowest BCUT2D eigenvalue weighted by molar-refractivity contribution is -0.119. The number of sulfonamides is 1. The molecule has 0 atom stereocenters. The molecule has 0 saturated carbocycles. The van der Waals surface area contributed by atoms with Crippen molar-refractivity contribution in [1.82, 2.24) is 5.32 Å². The van der Waals surface area contributed by atoms with Gasteiger partial charge in [-0.1, -0.05) is 35.9 Å². The predicted octanol–water partition coefficient (Wildman–Crippen LogP) is 3.71. The van der Waals surface area contributed by atoms with E-state index >= 15 is 0 Å². The van der Waals surface area contributed by atoms with Crippen molar-refractivity contribution in [2.45, 2.75) is 18.7 Å². The Balaban J connectivity index is 1.79. The van der Waals surface area contributed by atoms with Crippen molar-refractivity contribution in [2.75, 3.05) is 38.2 Å². The maximum absolute atomic E-state index is 13.6. The van der Waals surface area contributed by atoms with Crippen molar-refractivity contribution in [2.24, 2.45) is 0 Å². The summed E-state index contributed by atoms with van der Waals surface area (Å²) in [6.07, 6.45) is 0. The standard InChI is InChI=1S/C26H30N2O6S/c1-19-9-12-21(13-10-19)35(30,31)28(22-17-20(2)11-14-23(22)32-3)18-26(29)27-15-16-34-25-8-6-5-7-24(25)33-4/h5-14,17H,15-16,18H2,1-4H3,(H,27,29). The summed E-state index contributed by atoms with van der Waals surface area (Å²) in [5.74, 6) is 1.00. The second-order valence-corrected chi connectivity index (χ2v) is 9.71. The molecule has 0 aromatic heterocycles. The van der Waals surface area contributed by atoms with Crippen LogP contribution in [0.3, 0.4) is 0 Å². The smallest absolute Gasteiger partial charge is 0.264 e. The van der Waals surface area contributed by atoms with Crippen molar-refractivity contribution < 1.29 is 27.4 Å². The van der Waals surface area contributed by atoms with Crippen LogP contribution in [0.5, 0.6) is 17.2 Å². The number of aryl methyl sites for hydroxylation is 2. The van der Waals surface area contributed by atoms with Gasteiger partial charge in [0.2, 0.25) is 5.91 Å². The summed E-state index contributed by atoms with van der Waals surface area (Å²) in [6, 6.07) is 18.9.